The molecule has 0 unspecified atom stereocenters. The third-order valence-electron chi connectivity index (χ3n) is 9.70. The smallest absolute Gasteiger partial charge is 0.257 e. The second kappa shape index (κ2) is 17.0. The summed E-state index contributed by atoms with van der Waals surface area (Å²) in [5.41, 5.74) is 10.9. The van der Waals surface area contributed by atoms with Crippen molar-refractivity contribution in [3.05, 3.63) is 77.2 Å². The number of aromatic nitrogens is 1. The summed E-state index contributed by atoms with van der Waals surface area (Å²) in [6.07, 6.45) is 5.48. The minimum Gasteiger partial charge on any atom is -0.438 e. The number of nitrogens with two attached hydrogens (primary N) is 1. The van der Waals surface area contributed by atoms with E-state index in [0.717, 1.165) is 120 Å². The fourth-order valence-electron chi connectivity index (χ4n) is 7.00. The van der Waals surface area contributed by atoms with Gasteiger partial charge in [-0.3, -0.25) is 19.5 Å². The molecule has 2 aliphatic heterocycles. The molecule has 1 aromatic heterocycles. The molecule has 2 aromatic carbocycles. The minimum absolute atomic E-state index is 0.00282. The highest BCUT2D eigenvalue weighted by Crippen LogP contribution is 2.32. The third kappa shape index (κ3) is 9.55. The van der Waals surface area contributed by atoms with E-state index >= 15 is 0 Å². The molecule has 3 fully saturated rings. The number of carbonyl (C=O) groups is 1. The van der Waals surface area contributed by atoms with Crippen LogP contribution in [0.25, 0.3) is 11.1 Å². The summed E-state index contributed by atoms with van der Waals surface area (Å²) in [6.45, 7) is 8.90. The summed E-state index contributed by atoms with van der Waals surface area (Å²) in [5, 5.41) is 12.4. The number of carbonyl (C=O) groups excluding carboxylic acids is 1. The van der Waals surface area contributed by atoms with Gasteiger partial charge >= 0.3 is 0 Å². The number of nitrogens with one attached hydrogen (secondary N) is 1. The SMILES string of the molecule is NC1CCC(NC(=O)c2cc(F)cnc2Oc2cccc(-c3ccc(CN4CCCN(CCO)CC4)cc3CN3CCSCC3)c2)CC1. The predicted molar refractivity (Wildman–Crippen MR) is 190 cm³/mol. The lowest BCUT2D eigenvalue weighted by atomic mass is 9.91. The molecule has 4 N–H and O–H groups in total. The zero-order valence-electron chi connectivity index (χ0n) is 27.8. The van der Waals surface area contributed by atoms with Crippen LogP contribution >= 0.6 is 11.8 Å². The molecule has 258 valence electrons. The Bertz CT molecular complexity index is 1510. The van der Waals surface area contributed by atoms with Crippen LogP contribution in [0.2, 0.25) is 0 Å². The average Bonchev–Trinajstić information content (AvgIpc) is 3.32. The number of β-amino-alcohol motifs (C(OH)–C–C–N with tert-alkyl or cyclic N) is 1. The molecule has 0 bridgehead atoms. The number of halogens is 1. The molecule has 48 heavy (non-hydrogen) atoms. The number of amides is 1. The maximum Gasteiger partial charge on any atom is 0.257 e. The molecule has 11 heteroatoms. The van der Waals surface area contributed by atoms with Gasteiger partial charge in [0.1, 0.15) is 17.1 Å². The number of thioether (sulfide) groups is 1. The lowest BCUT2D eigenvalue weighted by Crippen LogP contribution is -2.40. The highest BCUT2D eigenvalue weighted by Gasteiger charge is 2.24. The van der Waals surface area contributed by atoms with Crippen molar-refractivity contribution in [2.24, 2.45) is 5.73 Å². The Hall–Kier alpha value is -3.06. The monoisotopic (exact) mass is 676 g/mol. The van der Waals surface area contributed by atoms with E-state index in [1.165, 1.54) is 17.2 Å². The lowest BCUT2D eigenvalue weighted by Gasteiger charge is -2.28. The number of ether oxygens (including phenoxy) is 1. The molecule has 0 radical (unpaired) electrons. The zero-order chi connectivity index (χ0) is 33.3. The van der Waals surface area contributed by atoms with Crippen LogP contribution in [0, 0.1) is 5.82 Å². The predicted octanol–water partition coefficient (Wildman–Crippen LogP) is 4.73. The Morgan fingerprint density at radius 3 is 2.54 bits per heavy atom. The van der Waals surface area contributed by atoms with Gasteiger partial charge in [-0.15, -0.1) is 0 Å². The molecular formula is C37H49FN6O3S. The quantitative estimate of drug-likeness (QED) is 0.266. The van der Waals surface area contributed by atoms with Crippen molar-refractivity contribution in [3.63, 3.8) is 0 Å². The van der Waals surface area contributed by atoms with Crippen LogP contribution in [0.4, 0.5) is 4.39 Å². The van der Waals surface area contributed by atoms with Crippen LogP contribution in [0.3, 0.4) is 0 Å². The first kappa shape index (κ1) is 34.8. The topological polar surface area (TPSA) is 107 Å². The van der Waals surface area contributed by atoms with Crippen molar-refractivity contribution in [3.8, 4) is 22.8 Å². The van der Waals surface area contributed by atoms with Crippen LogP contribution in [-0.4, -0.2) is 107 Å². The van der Waals surface area contributed by atoms with Gasteiger partial charge in [0.25, 0.3) is 5.91 Å². The molecule has 3 heterocycles. The summed E-state index contributed by atoms with van der Waals surface area (Å²) in [6, 6.07) is 16.0. The largest absolute Gasteiger partial charge is 0.438 e. The summed E-state index contributed by atoms with van der Waals surface area (Å²) >= 11 is 2.01. The second-order valence-corrected chi connectivity index (χ2v) is 14.5. The number of pyridine rings is 1. The standard InChI is InChI=1S/C37H49FN6O3S/c38-30-23-35(36(46)41-32-8-6-31(39)7-9-32)37(40-24-30)47-33-4-1-3-28(22-33)34-10-5-27(21-29(34)26-44-16-19-48-20-17-44)25-43-12-2-11-42(13-14-43)15-18-45/h1,3-5,10,21-24,31-32,45H,2,6-9,11-20,25-26,39H2,(H,41,46). The number of benzene rings is 2. The minimum atomic E-state index is -0.588. The summed E-state index contributed by atoms with van der Waals surface area (Å²) in [4.78, 5) is 24.9. The molecule has 3 aromatic rings. The Labute approximate surface area is 288 Å². The van der Waals surface area contributed by atoms with E-state index in [2.05, 4.69) is 49.3 Å². The van der Waals surface area contributed by atoms with Crippen molar-refractivity contribution in [1.82, 2.24) is 25.0 Å². The molecule has 1 saturated carbocycles. The van der Waals surface area contributed by atoms with Gasteiger partial charge in [0.2, 0.25) is 5.88 Å². The van der Waals surface area contributed by atoms with Gasteiger partial charge in [-0.25, -0.2) is 9.37 Å². The van der Waals surface area contributed by atoms with Crippen molar-refractivity contribution >= 4 is 17.7 Å². The maximum absolute atomic E-state index is 14.3. The Kier molecular flexibility index (Phi) is 12.4. The van der Waals surface area contributed by atoms with E-state index in [1.807, 2.05) is 30.0 Å². The average molecular weight is 677 g/mol. The molecule has 3 aliphatic rings. The number of aliphatic hydroxyl groups excluding tert-OH is 1. The fraction of sp³-hybridized carbons (Fsp3) is 0.514. The lowest BCUT2D eigenvalue weighted by molar-refractivity contribution is 0.0922. The fourth-order valence-corrected chi connectivity index (χ4v) is 7.98. The number of hydrogen-bond donors (Lipinski definition) is 3. The summed E-state index contributed by atoms with van der Waals surface area (Å²) in [7, 11) is 0. The van der Waals surface area contributed by atoms with Gasteiger partial charge in [-0.2, -0.15) is 11.8 Å². The number of nitrogens with zero attached hydrogens (tertiary/aromatic N) is 4. The van der Waals surface area contributed by atoms with Crippen molar-refractivity contribution in [2.75, 3.05) is 63.9 Å². The van der Waals surface area contributed by atoms with Gasteiger partial charge in [0, 0.05) is 69.4 Å². The van der Waals surface area contributed by atoms with E-state index in [-0.39, 0.29) is 30.1 Å². The van der Waals surface area contributed by atoms with Gasteiger partial charge < -0.3 is 20.9 Å². The second-order valence-electron chi connectivity index (χ2n) is 13.3. The Morgan fingerprint density at radius 1 is 0.958 bits per heavy atom. The highest BCUT2D eigenvalue weighted by atomic mass is 32.2. The third-order valence-corrected chi connectivity index (χ3v) is 10.6. The van der Waals surface area contributed by atoms with Crippen LogP contribution < -0.4 is 15.8 Å². The van der Waals surface area contributed by atoms with Gasteiger partial charge in [-0.05, 0) is 85.6 Å². The van der Waals surface area contributed by atoms with E-state index in [1.54, 1.807) is 0 Å². The first-order valence-electron chi connectivity index (χ1n) is 17.4. The highest BCUT2D eigenvalue weighted by molar-refractivity contribution is 7.99. The molecule has 1 aliphatic carbocycles. The van der Waals surface area contributed by atoms with Crippen molar-refractivity contribution < 1.29 is 19.0 Å². The van der Waals surface area contributed by atoms with E-state index in [4.69, 9.17) is 10.5 Å². The number of hydrogen-bond acceptors (Lipinski definition) is 9. The molecule has 0 atom stereocenters. The van der Waals surface area contributed by atoms with Gasteiger partial charge in [-0.1, -0.05) is 30.3 Å². The summed E-state index contributed by atoms with van der Waals surface area (Å²) in [5.74, 6) is 1.92. The van der Waals surface area contributed by atoms with Crippen molar-refractivity contribution in [2.45, 2.75) is 57.3 Å². The Balaban J connectivity index is 1.21. The molecule has 1 amide bonds. The molecule has 0 spiro atoms. The number of aliphatic hydroxyl groups is 1. The van der Waals surface area contributed by atoms with Gasteiger partial charge in [0.15, 0.2) is 0 Å². The normalized spacial score (nSPS) is 21.5. The van der Waals surface area contributed by atoms with E-state index in [0.29, 0.717) is 5.75 Å². The zero-order valence-corrected chi connectivity index (χ0v) is 28.6. The number of rotatable bonds is 11. The van der Waals surface area contributed by atoms with E-state index < -0.39 is 11.7 Å². The van der Waals surface area contributed by atoms with Crippen molar-refractivity contribution in [1.29, 1.82) is 0 Å². The summed E-state index contributed by atoms with van der Waals surface area (Å²) < 4.78 is 20.5. The molecule has 9 nitrogen and oxygen atoms in total. The van der Waals surface area contributed by atoms with Gasteiger partial charge in [0.05, 0.1) is 12.8 Å². The van der Waals surface area contributed by atoms with Crippen LogP contribution in [0.15, 0.2) is 54.7 Å². The maximum atomic E-state index is 14.3. The van der Waals surface area contributed by atoms with Crippen LogP contribution in [0.5, 0.6) is 11.6 Å². The first-order chi connectivity index (χ1) is 23.4. The molecular weight excluding hydrogens is 628 g/mol. The molecule has 2 saturated heterocycles. The first-order valence-corrected chi connectivity index (χ1v) is 18.6. The molecule has 6 rings (SSSR count). The van der Waals surface area contributed by atoms with E-state index in [9.17, 15) is 14.3 Å². The van der Waals surface area contributed by atoms with Crippen LogP contribution in [-0.2, 0) is 13.1 Å². The van der Waals surface area contributed by atoms with Crippen LogP contribution in [0.1, 0.15) is 53.6 Å². The Morgan fingerprint density at radius 2 is 1.73 bits per heavy atom.